The summed E-state index contributed by atoms with van der Waals surface area (Å²) in [7, 11) is 3.04. The monoisotopic (exact) mass is 499 g/mol. The average molecular weight is 500 g/mol. The van der Waals surface area contributed by atoms with Gasteiger partial charge >= 0.3 is 0 Å². The molecular weight excluding hydrogens is 477 g/mol. The Balaban J connectivity index is 0.000000471. The van der Waals surface area contributed by atoms with Crippen molar-refractivity contribution >= 4 is 34.9 Å². The number of ketones is 1. The first-order valence-electron chi connectivity index (χ1n) is 9.21. The van der Waals surface area contributed by atoms with Crippen LogP contribution in [0.3, 0.4) is 0 Å². The van der Waals surface area contributed by atoms with Crippen LogP contribution in [0.15, 0.2) is 30.5 Å². The molecule has 0 aliphatic carbocycles. The summed E-state index contributed by atoms with van der Waals surface area (Å²) >= 11 is 10.7. The predicted octanol–water partition coefficient (Wildman–Crippen LogP) is 4.95. The van der Waals surface area contributed by atoms with Crippen molar-refractivity contribution in [2.24, 2.45) is 0 Å². The first kappa shape index (κ1) is 29.7. The summed E-state index contributed by atoms with van der Waals surface area (Å²) in [6.45, 7) is 0. The number of pyridine rings is 2. The van der Waals surface area contributed by atoms with E-state index in [0.29, 0.717) is 31.0 Å². The van der Waals surface area contributed by atoms with Gasteiger partial charge in [-0.15, -0.1) is 23.2 Å². The van der Waals surface area contributed by atoms with Crippen molar-refractivity contribution in [3.8, 4) is 0 Å². The van der Waals surface area contributed by atoms with E-state index in [0.717, 1.165) is 30.5 Å². The molecule has 0 atom stereocenters. The second kappa shape index (κ2) is 17.3. The fraction of sp³-hybridized carbons (Fsp3) is 0.400. The Morgan fingerprint density at radius 3 is 2.06 bits per heavy atom. The van der Waals surface area contributed by atoms with Crippen molar-refractivity contribution in [3.05, 3.63) is 59.7 Å². The van der Waals surface area contributed by atoms with Crippen LogP contribution in [0, 0.1) is 23.5 Å². The number of alkyl halides is 2. The minimum atomic E-state index is -0.861. The van der Waals surface area contributed by atoms with Crippen molar-refractivity contribution in [2.45, 2.75) is 25.7 Å². The molecule has 0 radical (unpaired) electrons. The van der Waals surface area contributed by atoms with Crippen LogP contribution in [-0.2, 0) is 9.63 Å². The van der Waals surface area contributed by atoms with Gasteiger partial charge in [-0.3, -0.25) is 14.4 Å². The Morgan fingerprint density at radius 2 is 1.56 bits per heavy atom. The summed E-state index contributed by atoms with van der Waals surface area (Å²) < 4.78 is 49.2. The molecule has 2 rings (SSSR count). The summed E-state index contributed by atoms with van der Waals surface area (Å²) in [4.78, 5) is 33.0. The lowest BCUT2D eigenvalue weighted by Gasteiger charge is -2.12. The maximum atomic E-state index is 13.0. The van der Waals surface area contributed by atoms with Gasteiger partial charge in [0.15, 0.2) is 11.6 Å². The van der Waals surface area contributed by atoms with Gasteiger partial charge in [0.2, 0.25) is 17.8 Å². The molecule has 0 fully saturated rings. The molecule has 0 aromatic carbocycles. The molecule has 6 nitrogen and oxygen atoms in total. The van der Waals surface area contributed by atoms with E-state index >= 15 is 0 Å². The van der Waals surface area contributed by atoms with Crippen LogP contribution in [0.4, 0.5) is 17.6 Å². The average Bonchev–Trinajstić information content (AvgIpc) is 2.79. The Morgan fingerprint density at radius 1 is 0.969 bits per heavy atom. The third-order valence-corrected chi connectivity index (χ3v) is 3.99. The highest BCUT2D eigenvalue weighted by Gasteiger charge is 2.13. The zero-order chi connectivity index (χ0) is 24.5. The van der Waals surface area contributed by atoms with E-state index in [4.69, 9.17) is 23.2 Å². The SMILES string of the molecule is CON(C)C(=O)CCCCl.Fc1ccc(F)nc1.O=C(CCCCl)c1nc(F)ccc1F. The van der Waals surface area contributed by atoms with Gasteiger partial charge in [0.05, 0.1) is 13.3 Å². The molecule has 2 heterocycles. The van der Waals surface area contributed by atoms with E-state index in [-0.39, 0.29) is 12.3 Å². The zero-order valence-corrected chi connectivity index (χ0v) is 19.0. The number of hydrogen-bond donors (Lipinski definition) is 0. The number of nitrogens with zero attached hydrogens (tertiary/aromatic N) is 3. The van der Waals surface area contributed by atoms with Gasteiger partial charge in [0, 0.05) is 31.6 Å². The van der Waals surface area contributed by atoms with Crippen molar-refractivity contribution in [1.82, 2.24) is 15.0 Å². The molecule has 178 valence electrons. The van der Waals surface area contributed by atoms with Gasteiger partial charge < -0.3 is 0 Å². The largest absolute Gasteiger partial charge is 0.292 e. The van der Waals surface area contributed by atoms with E-state index in [9.17, 15) is 27.2 Å². The number of Topliss-reactive ketones (excluding diaryl/α,β-unsaturated/α-hetero) is 1. The second-order valence-corrected chi connectivity index (χ2v) is 6.60. The number of hydroxylamine groups is 2. The lowest BCUT2D eigenvalue weighted by Crippen LogP contribution is -2.24. The Bertz CT molecular complexity index is 809. The molecule has 0 bridgehead atoms. The first-order chi connectivity index (χ1) is 15.2. The number of rotatable bonds is 8. The van der Waals surface area contributed by atoms with Gasteiger partial charge in [-0.25, -0.2) is 23.8 Å². The molecule has 0 saturated carbocycles. The van der Waals surface area contributed by atoms with Crippen LogP contribution in [-0.4, -0.2) is 52.6 Å². The number of carbonyl (C=O) groups excluding carboxylic acids is 2. The van der Waals surface area contributed by atoms with Crippen molar-refractivity contribution in [2.75, 3.05) is 25.9 Å². The Hall–Kier alpha value is -2.30. The minimum Gasteiger partial charge on any atom is -0.292 e. The summed E-state index contributed by atoms with van der Waals surface area (Å²) in [5.74, 6) is -2.58. The summed E-state index contributed by atoms with van der Waals surface area (Å²) in [5.41, 5.74) is -0.449. The molecule has 2 aromatic heterocycles. The lowest BCUT2D eigenvalue weighted by molar-refractivity contribution is -0.168. The topological polar surface area (TPSA) is 72.4 Å². The van der Waals surface area contributed by atoms with Crippen LogP contribution < -0.4 is 0 Å². The molecular formula is C20H23Cl2F4N3O3. The highest BCUT2D eigenvalue weighted by molar-refractivity contribution is 6.18. The van der Waals surface area contributed by atoms with Crippen molar-refractivity contribution in [3.63, 3.8) is 0 Å². The number of carbonyl (C=O) groups is 2. The van der Waals surface area contributed by atoms with Gasteiger partial charge in [-0.05, 0) is 37.1 Å². The molecule has 0 unspecified atom stereocenters. The van der Waals surface area contributed by atoms with Gasteiger partial charge in [0.1, 0.15) is 11.5 Å². The van der Waals surface area contributed by atoms with E-state index in [2.05, 4.69) is 14.8 Å². The standard InChI is InChI=1S/C9H8ClF2NO.C6H12ClNO2.C5H3F2N/c10-5-1-2-7(14)9-6(11)3-4-8(12)13-9;1-8(10-2)6(9)4-3-5-7;6-4-1-2-5(7)8-3-4/h3-4H,1-2,5H2;3-5H2,1-2H3;1-3H. The molecule has 1 amide bonds. The molecule has 0 N–H and O–H groups in total. The Labute approximate surface area is 193 Å². The molecule has 0 saturated heterocycles. The summed E-state index contributed by atoms with van der Waals surface area (Å²) in [5, 5.41) is 1.20. The minimum absolute atomic E-state index is 0.0387. The molecule has 0 aliphatic rings. The smallest absolute Gasteiger partial charge is 0.245 e. The molecule has 0 aliphatic heterocycles. The molecule has 32 heavy (non-hydrogen) atoms. The van der Waals surface area contributed by atoms with Crippen LogP contribution in [0.1, 0.15) is 36.2 Å². The fourth-order valence-corrected chi connectivity index (χ4v) is 2.06. The van der Waals surface area contributed by atoms with E-state index in [1.165, 1.54) is 12.2 Å². The number of aromatic nitrogens is 2. The Kier molecular flexibility index (Phi) is 16.0. The number of amides is 1. The summed E-state index contributed by atoms with van der Waals surface area (Å²) in [6, 6.07) is 3.74. The molecule has 2 aromatic rings. The van der Waals surface area contributed by atoms with E-state index < -0.39 is 35.0 Å². The van der Waals surface area contributed by atoms with E-state index in [1.54, 1.807) is 7.05 Å². The fourth-order valence-electron chi connectivity index (χ4n) is 1.79. The normalized spacial score (nSPS) is 9.75. The van der Waals surface area contributed by atoms with Crippen LogP contribution in [0.2, 0.25) is 0 Å². The highest BCUT2D eigenvalue weighted by Crippen LogP contribution is 2.09. The maximum absolute atomic E-state index is 13.0. The number of halogens is 6. The highest BCUT2D eigenvalue weighted by atomic mass is 35.5. The molecule has 12 heteroatoms. The second-order valence-electron chi connectivity index (χ2n) is 5.85. The van der Waals surface area contributed by atoms with Crippen molar-refractivity contribution in [1.29, 1.82) is 0 Å². The quantitative estimate of drug-likeness (QED) is 0.169. The van der Waals surface area contributed by atoms with Crippen LogP contribution in [0.5, 0.6) is 0 Å². The van der Waals surface area contributed by atoms with Crippen LogP contribution in [0.25, 0.3) is 0 Å². The lowest BCUT2D eigenvalue weighted by atomic mass is 10.1. The zero-order valence-electron chi connectivity index (χ0n) is 17.5. The first-order valence-corrected chi connectivity index (χ1v) is 10.3. The maximum Gasteiger partial charge on any atom is 0.245 e. The van der Waals surface area contributed by atoms with Crippen molar-refractivity contribution < 1.29 is 32.0 Å². The third-order valence-electron chi connectivity index (χ3n) is 3.45. The van der Waals surface area contributed by atoms with Gasteiger partial charge in [-0.2, -0.15) is 8.78 Å². The van der Waals surface area contributed by atoms with Crippen LogP contribution >= 0.6 is 23.2 Å². The number of hydrogen-bond acceptors (Lipinski definition) is 5. The van der Waals surface area contributed by atoms with Gasteiger partial charge in [-0.1, -0.05) is 0 Å². The third kappa shape index (κ3) is 13.2. The summed E-state index contributed by atoms with van der Waals surface area (Å²) in [6.07, 6.45) is 2.49. The predicted molar refractivity (Wildman–Crippen MR) is 112 cm³/mol. The van der Waals surface area contributed by atoms with E-state index in [1.807, 2.05) is 0 Å². The molecule has 0 spiro atoms. The van der Waals surface area contributed by atoms with Gasteiger partial charge in [0.25, 0.3) is 0 Å².